The molecule has 1 aliphatic heterocycles. The van der Waals surface area contributed by atoms with Crippen molar-refractivity contribution in [3.05, 3.63) is 0 Å². The maximum Gasteiger partial charge on any atom is 0.261 e. The van der Waals surface area contributed by atoms with Gasteiger partial charge in [0.1, 0.15) is 6.61 Å². The fourth-order valence-corrected chi connectivity index (χ4v) is 1.88. The monoisotopic (exact) mass is 250 g/mol. The highest BCUT2D eigenvalue weighted by Crippen LogP contribution is 2.12. The molecule has 6 heteroatoms. The van der Waals surface area contributed by atoms with Crippen molar-refractivity contribution in [2.75, 3.05) is 26.3 Å². The molecule has 0 aromatic rings. The van der Waals surface area contributed by atoms with Crippen LogP contribution in [0.25, 0.3) is 0 Å². The van der Waals surface area contributed by atoms with E-state index < -0.39 is 13.0 Å². The minimum Gasteiger partial charge on any atom is -0.375 e. The average Bonchev–Trinajstić information content (AvgIpc) is 2.77. The van der Waals surface area contributed by atoms with Gasteiger partial charge in [-0.2, -0.15) is 0 Å². The number of hydrogen-bond acceptors (Lipinski definition) is 3. The summed E-state index contributed by atoms with van der Waals surface area (Å²) in [4.78, 5) is 11.5. The third-order valence-corrected chi connectivity index (χ3v) is 2.91. The molecule has 100 valence electrons. The molecular formula is C11H20F2N2O2. The van der Waals surface area contributed by atoms with E-state index in [0.29, 0.717) is 5.92 Å². The van der Waals surface area contributed by atoms with Crippen molar-refractivity contribution in [1.29, 1.82) is 0 Å². The van der Waals surface area contributed by atoms with Crippen molar-refractivity contribution in [3.63, 3.8) is 0 Å². The van der Waals surface area contributed by atoms with E-state index in [-0.39, 0.29) is 25.0 Å². The van der Waals surface area contributed by atoms with Gasteiger partial charge in [-0.15, -0.1) is 0 Å². The highest BCUT2D eigenvalue weighted by molar-refractivity contribution is 5.76. The SMILES string of the molecule is CC(NC(=O)CCOCC(F)F)C1CCNC1. The Bertz CT molecular complexity index is 234. The first kappa shape index (κ1) is 14.3. The molecule has 0 bridgehead atoms. The summed E-state index contributed by atoms with van der Waals surface area (Å²) in [5.74, 6) is 0.319. The van der Waals surface area contributed by atoms with Gasteiger partial charge in [0.2, 0.25) is 5.91 Å². The van der Waals surface area contributed by atoms with Crippen LogP contribution in [0.5, 0.6) is 0 Å². The fraction of sp³-hybridized carbons (Fsp3) is 0.909. The second-order valence-electron chi connectivity index (χ2n) is 4.33. The van der Waals surface area contributed by atoms with Crippen molar-refractivity contribution in [1.82, 2.24) is 10.6 Å². The molecule has 1 amide bonds. The van der Waals surface area contributed by atoms with Crippen LogP contribution in [0.1, 0.15) is 19.8 Å². The van der Waals surface area contributed by atoms with Gasteiger partial charge < -0.3 is 15.4 Å². The van der Waals surface area contributed by atoms with Gasteiger partial charge in [0, 0.05) is 12.5 Å². The smallest absolute Gasteiger partial charge is 0.261 e. The molecule has 2 atom stereocenters. The first-order chi connectivity index (χ1) is 8.09. The number of nitrogens with one attached hydrogen (secondary N) is 2. The minimum absolute atomic E-state index is 0.0474. The van der Waals surface area contributed by atoms with E-state index >= 15 is 0 Å². The van der Waals surface area contributed by atoms with Gasteiger partial charge in [-0.1, -0.05) is 0 Å². The second kappa shape index (κ2) is 7.55. The molecule has 0 saturated carbocycles. The molecule has 0 radical (unpaired) electrons. The summed E-state index contributed by atoms with van der Waals surface area (Å²) in [6.45, 7) is 3.32. The first-order valence-corrected chi connectivity index (χ1v) is 5.95. The van der Waals surface area contributed by atoms with E-state index in [1.807, 2.05) is 6.92 Å². The van der Waals surface area contributed by atoms with Crippen LogP contribution in [0.4, 0.5) is 8.78 Å². The summed E-state index contributed by atoms with van der Waals surface area (Å²) in [5.41, 5.74) is 0. The number of rotatable bonds is 7. The maximum absolute atomic E-state index is 11.7. The van der Waals surface area contributed by atoms with Gasteiger partial charge >= 0.3 is 0 Å². The lowest BCUT2D eigenvalue weighted by Gasteiger charge is -2.19. The summed E-state index contributed by atoms with van der Waals surface area (Å²) >= 11 is 0. The third kappa shape index (κ3) is 5.93. The molecular weight excluding hydrogens is 230 g/mol. The van der Waals surface area contributed by atoms with Crippen molar-refractivity contribution in [3.8, 4) is 0 Å². The van der Waals surface area contributed by atoms with Gasteiger partial charge in [0.05, 0.1) is 6.61 Å². The van der Waals surface area contributed by atoms with Crippen LogP contribution in [-0.4, -0.2) is 44.7 Å². The van der Waals surface area contributed by atoms with E-state index in [2.05, 4.69) is 15.4 Å². The van der Waals surface area contributed by atoms with Crippen molar-refractivity contribution in [2.24, 2.45) is 5.92 Å². The molecule has 1 rings (SSSR count). The van der Waals surface area contributed by atoms with Gasteiger partial charge in [-0.3, -0.25) is 4.79 Å². The van der Waals surface area contributed by atoms with Crippen LogP contribution in [0, 0.1) is 5.92 Å². The Morgan fingerprint density at radius 2 is 2.35 bits per heavy atom. The lowest BCUT2D eigenvalue weighted by molar-refractivity contribution is -0.123. The molecule has 17 heavy (non-hydrogen) atoms. The predicted molar refractivity (Wildman–Crippen MR) is 60.0 cm³/mol. The molecule has 2 unspecified atom stereocenters. The molecule has 1 fully saturated rings. The predicted octanol–water partition coefficient (Wildman–Crippen LogP) is 0.772. The van der Waals surface area contributed by atoms with Crippen molar-refractivity contribution < 1.29 is 18.3 Å². The van der Waals surface area contributed by atoms with Gasteiger partial charge in [0.15, 0.2) is 0 Å². The van der Waals surface area contributed by atoms with Gasteiger partial charge in [-0.05, 0) is 32.4 Å². The summed E-state index contributed by atoms with van der Waals surface area (Å²) in [7, 11) is 0. The Labute approximate surface area is 100 Å². The lowest BCUT2D eigenvalue weighted by Crippen LogP contribution is -2.39. The fourth-order valence-electron chi connectivity index (χ4n) is 1.88. The number of ether oxygens (including phenoxy) is 1. The number of carbonyl (C=O) groups is 1. The van der Waals surface area contributed by atoms with Crippen molar-refractivity contribution >= 4 is 5.91 Å². The first-order valence-electron chi connectivity index (χ1n) is 5.95. The zero-order valence-corrected chi connectivity index (χ0v) is 10.0. The molecule has 0 aliphatic carbocycles. The Balaban J connectivity index is 2.07. The standard InChI is InChI=1S/C11H20F2N2O2/c1-8(9-2-4-14-6-9)15-11(16)3-5-17-7-10(12)13/h8-10,14H,2-7H2,1H3,(H,15,16). The molecule has 0 aromatic carbocycles. The molecule has 0 aromatic heterocycles. The quantitative estimate of drug-likeness (QED) is 0.656. The van der Waals surface area contributed by atoms with Gasteiger partial charge in [0.25, 0.3) is 6.43 Å². The zero-order chi connectivity index (χ0) is 12.7. The van der Waals surface area contributed by atoms with E-state index in [1.165, 1.54) is 0 Å². The number of hydrogen-bond donors (Lipinski definition) is 2. The Hall–Kier alpha value is -0.750. The lowest BCUT2D eigenvalue weighted by atomic mass is 10.0. The largest absolute Gasteiger partial charge is 0.375 e. The summed E-state index contributed by atoms with van der Waals surface area (Å²) in [5, 5.41) is 6.10. The molecule has 1 saturated heterocycles. The van der Waals surface area contributed by atoms with E-state index in [9.17, 15) is 13.6 Å². The third-order valence-electron chi connectivity index (χ3n) is 2.91. The number of amides is 1. The minimum atomic E-state index is -2.47. The van der Waals surface area contributed by atoms with Crippen molar-refractivity contribution in [2.45, 2.75) is 32.2 Å². The molecule has 2 N–H and O–H groups in total. The van der Waals surface area contributed by atoms with Crippen LogP contribution in [0.3, 0.4) is 0 Å². The number of alkyl halides is 2. The summed E-state index contributed by atoms with van der Waals surface area (Å²) in [6, 6.07) is 0.118. The maximum atomic E-state index is 11.7. The van der Waals surface area contributed by atoms with E-state index in [1.54, 1.807) is 0 Å². The average molecular weight is 250 g/mol. The van der Waals surface area contributed by atoms with Crippen LogP contribution in [0.2, 0.25) is 0 Å². The zero-order valence-electron chi connectivity index (χ0n) is 10.0. The Morgan fingerprint density at radius 3 is 2.94 bits per heavy atom. The number of carbonyl (C=O) groups excluding carboxylic acids is 1. The molecule has 0 spiro atoms. The normalized spacial score (nSPS) is 21.8. The Morgan fingerprint density at radius 1 is 1.59 bits per heavy atom. The highest BCUT2D eigenvalue weighted by atomic mass is 19.3. The van der Waals surface area contributed by atoms with Crippen LogP contribution in [-0.2, 0) is 9.53 Å². The van der Waals surface area contributed by atoms with Gasteiger partial charge in [-0.25, -0.2) is 8.78 Å². The van der Waals surface area contributed by atoms with E-state index in [0.717, 1.165) is 19.5 Å². The topological polar surface area (TPSA) is 50.4 Å². The second-order valence-corrected chi connectivity index (χ2v) is 4.33. The number of halogens is 2. The highest BCUT2D eigenvalue weighted by Gasteiger charge is 2.22. The molecule has 4 nitrogen and oxygen atoms in total. The summed E-state index contributed by atoms with van der Waals surface area (Å²) < 4.78 is 28.1. The summed E-state index contributed by atoms with van der Waals surface area (Å²) in [6.07, 6.45) is -1.28. The van der Waals surface area contributed by atoms with E-state index in [4.69, 9.17) is 0 Å². The molecule has 1 aliphatic rings. The molecule has 1 heterocycles. The Kier molecular flexibility index (Phi) is 6.36. The van der Waals surface area contributed by atoms with Crippen LogP contribution >= 0.6 is 0 Å². The van der Waals surface area contributed by atoms with Crippen LogP contribution in [0.15, 0.2) is 0 Å². The van der Waals surface area contributed by atoms with Crippen LogP contribution < -0.4 is 10.6 Å².